The molecule has 3 aromatic carbocycles. The number of hydrogen-bond acceptors (Lipinski definition) is 5. The van der Waals surface area contributed by atoms with Gasteiger partial charge in [-0.3, -0.25) is 4.99 Å². The van der Waals surface area contributed by atoms with Crippen LogP contribution >= 0.6 is 0 Å². The van der Waals surface area contributed by atoms with Gasteiger partial charge in [0.15, 0.2) is 6.04 Å². The molecular formula is C28H30N2O4S. The molecule has 0 spiro atoms. The number of aliphatic imine (C=N–C) groups is 1. The maximum atomic E-state index is 13.6. The topological polar surface area (TPSA) is 75.8 Å². The molecule has 1 heterocycles. The van der Waals surface area contributed by atoms with Gasteiger partial charge in [-0.1, -0.05) is 78.4 Å². The lowest BCUT2D eigenvalue weighted by molar-refractivity contribution is -0.144. The van der Waals surface area contributed by atoms with Crippen molar-refractivity contribution in [3.63, 3.8) is 0 Å². The Morgan fingerprint density at radius 2 is 1.46 bits per heavy atom. The van der Waals surface area contributed by atoms with Crippen LogP contribution in [0.3, 0.4) is 0 Å². The fourth-order valence-electron chi connectivity index (χ4n) is 4.40. The number of benzene rings is 3. The van der Waals surface area contributed by atoms with Gasteiger partial charge in [0, 0.05) is 11.1 Å². The Labute approximate surface area is 207 Å². The number of ether oxygens (including phenoxy) is 1. The van der Waals surface area contributed by atoms with E-state index in [9.17, 15) is 13.2 Å². The van der Waals surface area contributed by atoms with Crippen LogP contribution in [0.4, 0.5) is 0 Å². The largest absolute Gasteiger partial charge is 0.464 e. The summed E-state index contributed by atoms with van der Waals surface area (Å²) in [5.41, 5.74) is 2.43. The van der Waals surface area contributed by atoms with E-state index < -0.39 is 33.6 Å². The van der Waals surface area contributed by atoms with Gasteiger partial charge in [0.1, 0.15) is 0 Å². The van der Waals surface area contributed by atoms with E-state index in [0.717, 1.165) is 16.7 Å². The Bertz CT molecular complexity index is 1280. The highest BCUT2D eigenvalue weighted by Gasteiger charge is 2.67. The summed E-state index contributed by atoms with van der Waals surface area (Å²) in [5, 5.41) is 0. The number of aryl methyl sites for hydroxylation is 1. The SMILES string of the molecule is CCOC(=O)[C@H](N=C(c1ccccc1)c1ccccc1)[C@H]1N(S(=O)(=O)c2ccc(C)cc2)C1(C)C. The maximum absolute atomic E-state index is 13.6. The summed E-state index contributed by atoms with van der Waals surface area (Å²) in [6.07, 6.45) is 0. The quantitative estimate of drug-likeness (QED) is 0.262. The van der Waals surface area contributed by atoms with Crippen molar-refractivity contribution in [3.05, 3.63) is 102 Å². The number of carbonyl (C=O) groups is 1. The zero-order valence-corrected chi connectivity index (χ0v) is 21.2. The third-order valence-electron chi connectivity index (χ3n) is 6.24. The normalized spacial score (nSPS) is 19.4. The average Bonchev–Trinajstić information content (AvgIpc) is 3.43. The van der Waals surface area contributed by atoms with Gasteiger partial charge < -0.3 is 4.74 Å². The first kappa shape index (κ1) is 24.8. The number of rotatable bonds is 8. The molecule has 0 aromatic heterocycles. The molecular weight excluding hydrogens is 460 g/mol. The summed E-state index contributed by atoms with van der Waals surface area (Å²) in [6, 6.07) is 24.1. The summed E-state index contributed by atoms with van der Waals surface area (Å²) in [7, 11) is -3.84. The summed E-state index contributed by atoms with van der Waals surface area (Å²) in [6.45, 7) is 7.44. The van der Waals surface area contributed by atoms with Crippen molar-refractivity contribution in [3.8, 4) is 0 Å². The van der Waals surface area contributed by atoms with E-state index in [4.69, 9.17) is 9.73 Å². The zero-order valence-electron chi connectivity index (χ0n) is 20.4. The molecule has 1 aliphatic heterocycles. The number of sulfonamides is 1. The van der Waals surface area contributed by atoms with Crippen LogP contribution in [0, 0.1) is 6.92 Å². The second-order valence-corrected chi connectivity index (χ2v) is 10.9. The molecule has 7 heteroatoms. The third kappa shape index (κ3) is 4.92. The zero-order chi connectivity index (χ0) is 25.2. The molecule has 0 amide bonds. The minimum atomic E-state index is -3.84. The Morgan fingerprint density at radius 3 is 1.94 bits per heavy atom. The van der Waals surface area contributed by atoms with Gasteiger partial charge in [-0.25, -0.2) is 13.2 Å². The summed E-state index contributed by atoms with van der Waals surface area (Å²) < 4.78 is 33.9. The number of nitrogens with zero attached hydrogens (tertiary/aromatic N) is 2. The minimum Gasteiger partial charge on any atom is -0.464 e. The van der Waals surface area contributed by atoms with Crippen molar-refractivity contribution in [1.29, 1.82) is 0 Å². The molecule has 0 radical (unpaired) electrons. The Balaban J connectivity index is 1.81. The molecule has 3 atom stereocenters. The van der Waals surface area contributed by atoms with Crippen molar-refractivity contribution in [2.45, 2.75) is 50.2 Å². The van der Waals surface area contributed by atoms with Crippen LogP contribution in [0.5, 0.6) is 0 Å². The lowest BCUT2D eigenvalue weighted by Crippen LogP contribution is -2.33. The van der Waals surface area contributed by atoms with E-state index in [1.165, 1.54) is 4.31 Å². The third-order valence-corrected chi connectivity index (χ3v) is 8.33. The average molecular weight is 491 g/mol. The highest BCUT2D eigenvalue weighted by molar-refractivity contribution is 7.89. The van der Waals surface area contributed by atoms with Crippen molar-refractivity contribution in [2.75, 3.05) is 6.61 Å². The second kappa shape index (κ2) is 9.76. The maximum Gasteiger partial charge on any atom is 0.332 e. The van der Waals surface area contributed by atoms with Gasteiger partial charge in [-0.15, -0.1) is 0 Å². The Morgan fingerprint density at radius 1 is 0.943 bits per heavy atom. The Hall–Kier alpha value is -3.29. The molecule has 1 fully saturated rings. The molecule has 0 N–H and O–H groups in total. The molecule has 182 valence electrons. The molecule has 0 aliphatic carbocycles. The number of hydrogen-bond donors (Lipinski definition) is 0. The second-order valence-electron chi connectivity index (χ2n) is 9.12. The van der Waals surface area contributed by atoms with E-state index in [0.29, 0.717) is 5.71 Å². The Kier molecular flexibility index (Phi) is 6.92. The van der Waals surface area contributed by atoms with Crippen molar-refractivity contribution >= 4 is 21.7 Å². The van der Waals surface area contributed by atoms with Crippen LogP contribution in [0.1, 0.15) is 37.5 Å². The highest BCUT2D eigenvalue weighted by Crippen LogP contribution is 2.48. The molecule has 3 aromatic rings. The fraction of sp³-hybridized carbons (Fsp3) is 0.286. The monoisotopic (exact) mass is 490 g/mol. The van der Waals surface area contributed by atoms with E-state index in [1.807, 2.05) is 81.4 Å². The summed E-state index contributed by atoms with van der Waals surface area (Å²) in [4.78, 5) is 18.3. The number of esters is 1. The van der Waals surface area contributed by atoms with Gasteiger partial charge in [0.25, 0.3) is 0 Å². The predicted octanol–water partition coefficient (Wildman–Crippen LogP) is 4.62. The molecule has 1 unspecified atom stereocenters. The fourth-order valence-corrected chi connectivity index (χ4v) is 6.46. The van der Waals surface area contributed by atoms with Crippen LogP contribution in [0.25, 0.3) is 0 Å². The van der Waals surface area contributed by atoms with Gasteiger partial charge >= 0.3 is 5.97 Å². The van der Waals surface area contributed by atoms with Gasteiger partial charge in [0.05, 0.1) is 28.8 Å². The number of carbonyl (C=O) groups excluding carboxylic acids is 1. The first-order chi connectivity index (χ1) is 16.7. The van der Waals surface area contributed by atoms with Crippen LogP contribution in [0.15, 0.2) is 94.8 Å². The van der Waals surface area contributed by atoms with Gasteiger partial charge in [-0.05, 0) is 39.8 Å². The van der Waals surface area contributed by atoms with Gasteiger partial charge in [-0.2, -0.15) is 4.31 Å². The highest BCUT2D eigenvalue weighted by atomic mass is 32.2. The van der Waals surface area contributed by atoms with Crippen LogP contribution in [-0.2, 0) is 19.6 Å². The minimum absolute atomic E-state index is 0.175. The predicted molar refractivity (Wildman–Crippen MR) is 137 cm³/mol. The lowest BCUT2D eigenvalue weighted by Gasteiger charge is -2.16. The molecule has 1 aliphatic rings. The summed E-state index contributed by atoms with van der Waals surface area (Å²) in [5.74, 6) is -0.545. The first-order valence-corrected chi connectivity index (χ1v) is 13.1. The summed E-state index contributed by atoms with van der Waals surface area (Å²) >= 11 is 0. The first-order valence-electron chi connectivity index (χ1n) is 11.6. The lowest BCUT2D eigenvalue weighted by atomic mass is 10.00. The standard InChI is InChI=1S/C28H30N2O4S/c1-5-34-27(31)25(29-24(21-12-8-6-9-13-21)22-14-10-7-11-15-22)26-28(3,4)30(26)35(32,33)23-18-16-20(2)17-19-23/h6-19,25-26H,5H2,1-4H3/t25-,26-,30?/m1/s1. The molecule has 1 saturated heterocycles. The van der Waals surface area contributed by atoms with Crippen molar-refractivity contribution in [2.24, 2.45) is 4.99 Å². The van der Waals surface area contributed by atoms with Crippen LogP contribution < -0.4 is 0 Å². The molecule has 0 saturated carbocycles. The molecule has 6 nitrogen and oxygen atoms in total. The smallest absolute Gasteiger partial charge is 0.332 e. The van der Waals surface area contributed by atoms with E-state index in [-0.39, 0.29) is 11.5 Å². The van der Waals surface area contributed by atoms with E-state index >= 15 is 0 Å². The van der Waals surface area contributed by atoms with Crippen LogP contribution in [-0.4, -0.2) is 48.6 Å². The van der Waals surface area contributed by atoms with Gasteiger partial charge in [0.2, 0.25) is 10.0 Å². The molecule has 35 heavy (non-hydrogen) atoms. The van der Waals surface area contributed by atoms with E-state index in [2.05, 4.69) is 0 Å². The van der Waals surface area contributed by atoms with Crippen LogP contribution in [0.2, 0.25) is 0 Å². The van der Waals surface area contributed by atoms with Crippen molar-refractivity contribution < 1.29 is 17.9 Å². The van der Waals surface area contributed by atoms with E-state index in [1.54, 1.807) is 31.2 Å². The van der Waals surface area contributed by atoms with Crippen molar-refractivity contribution in [1.82, 2.24) is 4.31 Å². The molecule has 4 rings (SSSR count). The molecule has 0 bridgehead atoms.